The number of carbonyl (C=O) groups excluding carboxylic acids is 1. The standard InChI is InChI=1S/C25H37NO3/c1-4-7-8-9-10-11-12-15-23(27)26-22-18-19(13-5-2)25(29)21(14-6-3)20(22)16-17-24(26)28/h5-6,18,23,27,29H,2-4,7-17H2,1H3. The Morgan fingerprint density at radius 3 is 2.38 bits per heavy atom. The topological polar surface area (TPSA) is 60.8 Å². The fourth-order valence-electron chi connectivity index (χ4n) is 4.21. The largest absolute Gasteiger partial charge is 0.507 e. The second-order valence-corrected chi connectivity index (χ2v) is 8.00. The van der Waals surface area contributed by atoms with Gasteiger partial charge in [-0.2, -0.15) is 0 Å². The van der Waals surface area contributed by atoms with Crippen molar-refractivity contribution in [3.8, 4) is 5.75 Å². The van der Waals surface area contributed by atoms with Crippen LogP contribution >= 0.6 is 0 Å². The zero-order valence-corrected chi connectivity index (χ0v) is 18.0. The second kappa shape index (κ2) is 11.8. The van der Waals surface area contributed by atoms with Gasteiger partial charge in [-0.3, -0.25) is 9.69 Å². The number of hydrogen-bond donors (Lipinski definition) is 2. The van der Waals surface area contributed by atoms with Crippen LogP contribution in [0.2, 0.25) is 0 Å². The highest BCUT2D eigenvalue weighted by molar-refractivity contribution is 5.97. The monoisotopic (exact) mass is 399 g/mol. The van der Waals surface area contributed by atoms with E-state index in [-0.39, 0.29) is 11.7 Å². The van der Waals surface area contributed by atoms with Crippen molar-refractivity contribution in [2.24, 2.45) is 0 Å². The van der Waals surface area contributed by atoms with Gasteiger partial charge < -0.3 is 10.2 Å². The number of hydrogen-bond acceptors (Lipinski definition) is 3. The van der Waals surface area contributed by atoms with Crippen LogP contribution in [0.1, 0.15) is 81.4 Å². The summed E-state index contributed by atoms with van der Waals surface area (Å²) in [5, 5.41) is 21.5. The number of phenols is 1. The average Bonchev–Trinajstić information content (AvgIpc) is 2.70. The van der Waals surface area contributed by atoms with E-state index in [1.165, 1.54) is 32.1 Å². The zero-order chi connectivity index (χ0) is 21.2. The van der Waals surface area contributed by atoms with Crippen molar-refractivity contribution in [1.29, 1.82) is 0 Å². The van der Waals surface area contributed by atoms with E-state index in [9.17, 15) is 15.0 Å². The summed E-state index contributed by atoms with van der Waals surface area (Å²) in [4.78, 5) is 14.2. The first kappa shape index (κ1) is 23.2. The van der Waals surface area contributed by atoms with Crippen molar-refractivity contribution in [2.75, 3.05) is 4.90 Å². The number of benzene rings is 1. The number of fused-ring (bicyclic) bond motifs is 1. The molecule has 1 aliphatic heterocycles. The lowest BCUT2D eigenvalue weighted by atomic mass is 9.89. The highest BCUT2D eigenvalue weighted by Crippen LogP contribution is 2.40. The van der Waals surface area contributed by atoms with Gasteiger partial charge in [0.1, 0.15) is 12.0 Å². The molecule has 2 rings (SSSR count). The number of aliphatic hydroxyl groups is 1. The molecule has 1 aliphatic rings. The molecular weight excluding hydrogens is 362 g/mol. The summed E-state index contributed by atoms with van der Waals surface area (Å²) >= 11 is 0. The molecule has 1 amide bonds. The van der Waals surface area contributed by atoms with Gasteiger partial charge in [0.25, 0.3) is 0 Å². The first-order valence-electron chi connectivity index (χ1n) is 11.1. The van der Waals surface area contributed by atoms with Gasteiger partial charge in [0.15, 0.2) is 0 Å². The lowest BCUT2D eigenvalue weighted by Crippen LogP contribution is -2.43. The predicted octanol–water partition coefficient (Wildman–Crippen LogP) is 5.59. The number of amides is 1. The molecule has 1 unspecified atom stereocenters. The molecule has 160 valence electrons. The highest BCUT2D eigenvalue weighted by atomic mass is 16.3. The number of allylic oxidation sites excluding steroid dienone is 2. The van der Waals surface area contributed by atoms with Crippen LogP contribution in [0, 0.1) is 0 Å². The summed E-state index contributed by atoms with van der Waals surface area (Å²) < 4.78 is 0. The third-order valence-corrected chi connectivity index (χ3v) is 5.77. The Morgan fingerprint density at radius 1 is 1.07 bits per heavy atom. The zero-order valence-electron chi connectivity index (χ0n) is 18.0. The maximum absolute atomic E-state index is 12.7. The summed E-state index contributed by atoms with van der Waals surface area (Å²) in [5.41, 5.74) is 3.24. The van der Waals surface area contributed by atoms with E-state index >= 15 is 0 Å². The lowest BCUT2D eigenvalue weighted by molar-refractivity contribution is -0.121. The van der Waals surface area contributed by atoms with Crippen LogP contribution in [0.15, 0.2) is 31.4 Å². The SMILES string of the molecule is C=CCc1cc2c(c(CC=C)c1O)CCC(=O)N2C(O)CCCCCCCCC. The first-order valence-corrected chi connectivity index (χ1v) is 11.1. The average molecular weight is 400 g/mol. The fourth-order valence-corrected chi connectivity index (χ4v) is 4.21. The summed E-state index contributed by atoms with van der Waals surface area (Å²) in [5.74, 6) is 0.215. The van der Waals surface area contributed by atoms with Crippen LogP contribution in [0.25, 0.3) is 0 Å². The molecule has 0 saturated carbocycles. The van der Waals surface area contributed by atoms with Crippen molar-refractivity contribution < 1.29 is 15.0 Å². The predicted molar refractivity (Wildman–Crippen MR) is 120 cm³/mol. The minimum atomic E-state index is -0.824. The number of rotatable bonds is 13. The lowest BCUT2D eigenvalue weighted by Gasteiger charge is -2.35. The minimum absolute atomic E-state index is 0.0484. The number of phenolic OH excluding ortho intramolecular Hbond substituents is 1. The summed E-state index contributed by atoms with van der Waals surface area (Å²) in [6.45, 7) is 9.79. The Bertz CT molecular complexity index is 711. The number of nitrogens with zero attached hydrogens (tertiary/aromatic N) is 1. The van der Waals surface area contributed by atoms with Crippen LogP contribution in [-0.4, -0.2) is 22.3 Å². The van der Waals surface area contributed by atoms with Gasteiger partial charge in [0.2, 0.25) is 5.91 Å². The smallest absolute Gasteiger partial charge is 0.229 e. The molecule has 0 bridgehead atoms. The van der Waals surface area contributed by atoms with Crippen molar-refractivity contribution in [3.63, 3.8) is 0 Å². The van der Waals surface area contributed by atoms with E-state index in [0.29, 0.717) is 32.1 Å². The Balaban J connectivity index is 2.16. The van der Waals surface area contributed by atoms with E-state index in [4.69, 9.17) is 0 Å². The molecule has 1 aromatic carbocycles. The van der Waals surface area contributed by atoms with Crippen LogP contribution in [0.3, 0.4) is 0 Å². The van der Waals surface area contributed by atoms with Gasteiger partial charge in [-0.25, -0.2) is 0 Å². The molecule has 0 saturated heterocycles. The summed E-state index contributed by atoms with van der Waals surface area (Å²) in [6, 6.07) is 1.85. The Kier molecular flexibility index (Phi) is 9.46. The number of carbonyl (C=O) groups is 1. The van der Waals surface area contributed by atoms with Crippen molar-refractivity contribution in [1.82, 2.24) is 0 Å². The van der Waals surface area contributed by atoms with Crippen molar-refractivity contribution in [2.45, 2.75) is 90.2 Å². The van der Waals surface area contributed by atoms with Gasteiger partial charge in [-0.15, -0.1) is 13.2 Å². The third-order valence-electron chi connectivity index (χ3n) is 5.77. The van der Waals surface area contributed by atoms with E-state index in [1.54, 1.807) is 17.1 Å². The van der Waals surface area contributed by atoms with Gasteiger partial charge >= 0.3 is 0 Å². The Hall–Kier alpha value is -2.07. The molecule has 0 aliphatic carbocycles. The molecule has 1 aromatic rings. The molecule has 1 atom stereocenters. The first-order chi connectivity index (χ1) is 14.0. The van der Waals surface area contributed by atoms with Crippen molar-refractivity contribution >= 4 is 11.6 Å². The Morgan fingerprint density at radius 2 is 1.72 bits per heavy atom. The van der Waals surface area contributed by atoms with Crippen LogP contribution in [-0.2, 0) is 24.1 Å². The maximum atomic E-state index is 12.7. The summed E-state index contributed by atoms with van der Waals surface area (Å²) in [7, 11) is 0. The Labute approximate surface area is 175 Å². The molecule has 4 nitrogen and oxygen atoms in total. The molecule has 0 aromatic heterocycles. The highest BCUT2D eigenvalue weighted by Gasteiger charge is 2.32. The third kappa shape index (κ3) is 5.96. The summed E-state index contributed by atoms with van der Waals surface area (Å²) in [6.07, 6.45) is 13.5. The fraction of sp³-hybridized carbons (Fsp3) is 0.560. The second-order valence-electron chi connectivity index (χ2n) is 8.00. The molecule has 4 heteroatoms. The van der Waals surface area contributed by atoms with E-state index in [0.717, 1.165) is 35.2 Å². The van der Waals surface area contributed by atoms with Gasteiger partial charge in [0.05, 0.1) is 5.69 Å². The van der Waals surface area contributed by atoms with Gasteiger partial charge in [0, 0.05) is 12.0 Å². The molecule has 0 fully saturated rings. The molecule has 29 heavy (non-hydrogen) atoms. The molecular formula is C25H37NO3. The number of aliphatic hydroxyl groups excluding tert-OH is 1. The molecule has 0 spiro atoms. The number of anilines is 1. The molecule has 0 radical (unpaired) electrons. The van der Waals surface area contributed by atoms with Crippen LogP contribution in [0.5, 0.6) is 5.75 Å². The van der Waals surface area contributed by atoms with E-state index < -0.39 is 6.23 Å². The normalized spacial score (nSPS) is 14.6. The van der Waals surface area contributed by atoms with E-state index in [1.807, 2.05) is 6.07 Å². The maximum Gasteiger partial charge on any atom is 0.229 e. The van der Waals surface area contributed by atoms with Crippen LogP contribution in [0.4, 0.5) is 5.69 Å². The van der Waals surface area contributed by atoms with Crippen LogP contribution < -0.4 is 4.90 Å². The molecule has 2 N–H and O–H groups in total. The quantitative estimate of drug-likeness (QED) is 0.336. The number of aromatic hydroxyl groups is 1. The van der Waals surface area contributed by atoms with Gasteiger partial charge in [-0.05, 0) is 49.3 Å². The molecule has 1 heterocycles. The van der Waals surface area contributed by atoms with E-state index in [2.05, 4.69) is 20.1 Å². The minimum Gasteiger partial charge on any atom is -0.507 e. The number of unbranched alkanes of at least 4 members (excludes halogenated alkanes) is 6. The van der Waals surface area contributed by atoms with Crippen molar-refractivity contribution in [3.05, 3.63) is 48.1 Å². The van der Waals surface area contributed by atoms with Gasteiger partial charge in [-0.1, -0.05) is 57.6 Å².